The van der Waals surface area contributed by atoms with Crippen molar-refractivity contribution in [1.82, 2.24) is 15.6 Å². The van der Waals surface area contributed by atoms with E-state index in [1.54, 1.807) is 11.3 Å². The van der Waals surface area contributed by atoms with Crippen LogP contribution in [0.2, 0.25) is 5.02 Å². The Hall–Kier alpha value is -1.06. The van der Waals surface area contributed by atoms with Crippen LogP contribution in [0.5, 0.6) is 0 Å². The molecule has 0 saturated heterocycles. The number of guanidine groups is 1. The van der Waals surface area contributed by atoms with E-state index >= 15 is 0 Å². The molecule has 8 heteroatoms. The summed E-state index contributed by atoms with van der Waals surface area (Å²) in [6, 6.07) is 7.90. The van der Waals surface area contributed by atoms with Crippen LogP contribution in [0.3, 0.4) is 0 Å². The van der Waals surface area contributed by atoms with Crippen LogP contribution in [0.15, 0.2) is 34.6 Å². The van der Waals surface area contributed by atoms with E-state index in [0.29, 0.717) is 6.54 Å². The number of benzene rings is 1. The summed E-state index contributed by atoms with van der Waals surface area (Å²) in [5.74, 6) is 0.754. The quantitative estimate of drug-likeness (QED) is 0.358. The lowest BCUT2D eigenvalue weighted by molar-refractivity contribution is 0.686. The van der Waals surface area contributed by atoms with Crippen LogP contribution in [0.25, 0.3) is 0 Å². The number of nitrogens with one attached hydrogen (secondary N) is 2. The fourth-order valence-electron chi connectivity index (χ4n) is 2.16. The molecule has 1 atom stereocenters. The highest BCUT2D eigenvalue weighted by atomic mass is 127. The van der Waals surface area contributed by atoms with Gasteiger partial charge in [-0.05, 0) is 25.5 Å². The van der Waals surface area contributed by atoms with Crippen LogP contribution in [-0.4, -0.2) is 31.6 Å². The zero-order chi connectivity index (χ0) is 17.5. The van der Waals surface area contributed by atoms with Gasteiger partial charge in [-0.3, -0.25) is 0 Å². The Morgan fingerprint density at radius 1 is 1.36 bits per heavy atom. The molecule has 1 unspecified atom stereocenters. The lowest BCUT2D eigenvalue weighted by Gasteiger charge is -2.19. The van der Waals surface area contributed by atoms with E-state index < -0.39 is 0 Å². The molecule has 1 aromatic carbocycles. The summed E-state index contributed by atoms with van der Waals surface area (Å²) in [6.45, 7) is 5.45. The summed E-state index contributed by atoms with van der Waals surface area (Å²) in [5.41, 5.74) is 2.01. The van der Waals surface area contributed by atoms with Crippen molar-refractivity contribution in [3.05, 3.63) is 45.9 Å². The molecule has 1 aromatic heterocycles. The second kappa shape index (κ2) is 10.8. The van der Waals surface area contributed by atoms with Crippen LogP contribution in [-0.2, 0) is 6.54 Å². The molecule has 0 spiro atoms. The van der Waals surface area contributed by atoms with E-state index in [1.807, 2.05) is 55.6 Å². The SMILES string of the molecule is CCNC(=NCc1csc(N(C)C)n1)NC(C)c1ccccc1Cl.I. The number of rotatable bonds is 6. The minimum absolute atomic E-state index is 0. The number of anilines is 1. The largest absolute Gasteiger partial charge is 0.357 e. The molecule has 0 aliphatic rings. The molecule has 138 valence electrons. The number of halogens is 2. The van der Waals surface area contributed by atoms with Crippen molar-refractivity contribution in [2.45, 2.75) is 26.4 Å². The average molecular weight is 494 g/mol. The standard InChI is InChI=1S/C17H24ClN5S.HI/c1-5-19-16(20-10-13-11-24-17(22-13)23(3)4)21-12(2)14-8-6-7-9-15(14)18;/h6-9,11-12H,5,10H2,1-4H3,(H2,19,20,21);1H. The minimum Gasteiger partial charge on any atom is -0.357 e. The third-order valence-electron chi connectivity index (χ3n) is 3.39. The first-order valence-corrected chi connectivity index (χ1v) is 9.18. The molecule has 1 heterocycles. The van der Waals surface area contributed by atoms with Gasteiger partial charge in [-0.2, -0.15) is 0 Å². The first-order chi connectivity index (χ1) is 11.5. The number of hydrogen-bond acceptors (Lipinski definition) is 4. The van der Waals surface area contributed by atoms with E-state index in [4.69, 9.17) is 11.6 Å². The molecule has 2 rings (SSSR count). The molecule has 0 aliphatic heterocycles. The molecule has 25 heavy (non-hydrogen) atoms. The summed E-state index contributed by atoms with van der Waals surface area (Å²) in [7, 11) is 3.98. The van der Waals surface area contributed by atoms with Gasteiger partial charge in [-0.25, -0.2) is 9.98 Å². The second-order valence-corrected chi connectivity index (χ2v) is 6.84. The van der Waals surface area contributed by atoms with Crippen molar-refractivity contribution >= 4 is 58.0 Å². The van der Waals surface area contributed by atoms with E-state index in [-0.39, 0.29) is 30.0 Å². The Bertz CT molecular complexity index is 689. The summed E-state index contributed by atoms with van der Waals surface area (Å²) < 4.78 is 0. The maximum Gasteiger partial charge on any atom is 0.192 e. The topological polar surface area (TPSA) is 52.6 Å². The minimum atomic E-state index is 0. The Kier molecular flexibility index (Phi) is 9.52. The van der Waals surface area contributed by atoms with E-state index in [9.17, 15) is 0 Å². The van der Waals surface area contributed by atoms with Crippen LogP contribution < -0.4 is 15.5 Å². The van der Waals surface area contributed by atoms with Gasteiger partial charge in [-0.1, -0.05) is 29.8 Å². The lowest BCUT2D eigenvalue weighted by atomic mass is 10.1. The van der Waals surface area contributed by atoms with Gasteiger partial charge < -0.3 is 15.5 Å². The molecule has 2 N–H and O–H groups in total. The number of aliphatic imine (C=N–C) groups is 1. The Balaban J connectivity index is 0.00000312. The van der Waals surface area contributed by atoms with E-state index in [1.165, 1.54) is 0 Å². The third-order valence-corrected chi connectivity index (χ3v) is 4.79. The maximum atomic E-state index is 6.27. The molecule has 2 aromatic rings. The van der Waals surface area contributed by atoms with Gasteiger partial charge in [0.2, 0.25) is 0 Å². The monoisotopic (exact) mass is 493 g/mol. The van der Waals surface area contributed by atoms with Crippen molar-refractivity contribution in [2.75, 3.05) is 25.5 Å². The van der Waals surface area contributed by atoms with Crippen LogP contribution in [0, 0.1) is 0 Å². The Labute approximate surface area is 175 Å². The predicted octanol–water partition coefficient (Wildman–Crippen LogP) is 4.30. The molecule has 0 radical (unpaired) electrons. The molecule has 0 bridgehead atoms. The van der Waals surface area contributed by atoms with Gasteiger partial charge >= 0.3 is 0 Å². The normalized spacial score (nSPS) is 12.3. The highest BCUT2D eigenvalue weighted by Gasteiger charge is 2.11. The Morgan fingerprint density at radius 3 is 2.68 bits per heavy atom. The second-order valence-electron chi connectivity index (χ2n) is 5.60. The van der Waals surface area contributed by atoms with E-state index in [0.717, 1.165) is 33.9 Å². The number of aromatic nitrogens is 1. The zero-order valence-corrected chi connectivity index (χ0v) is 18.8. The first kappa shape index (κ1) is 22.0. The van der Waals surface area contributed by atoms with Crippen LogP contribution in [0.1, 0.15) is 31.1 Å². The Morgan fingerprint density at radius 2 is 2.08 bits per heavy atom. The molecule has 0 fully saturated rings. The number of thiazole rings is 1. The average Bonchev–Trinajstić information content (AvgIpc) is 3.02. The summed E-state index contributed by atoms with van der Waals surface area (Å²) in [6.07, 6.45) is 0. The predicted molar refractivity (Wildman–Crippen MR) is 120 cm³/mol. The molecule has 0 saturated carbocycles. The molecular formula is C17H25ClIN5S. The van der Waals surface area contributed by atoms with Crippen molar-refractivity contribution in [3.63, 3.8) is 0 Å². The van der Waals surface area contributed by atoms with Gasteiger partial charge in [0.1, 0.15) is 0 Å². The fourth-order valence-corrected chi connectivity index (χ4v) is 3.21. The summed E-state index contributed by atoms with van der Waals surface area (Å²) in [5, 5.41) is 10.4. The highest BCUT2D eigenvalue weighted by Crippen LogP contribution is 2.22. The van der Waals surface area contributed by atoms with Gasteiger partial charge in [0.25, 0.3) is 0 Å². The maximum absolute atomic E-state index is 6.27. The number of nitrogens with zero attached hydrogens (tertiary/aromatic N) is 3. The molecule has 0 aliphatic carbocycles. The van der Waals surface area contributed by atoms with Crippen molar-refractivity contribution in [3.8, 4) is 0 Å². The van der Waals surface area contributed by atoms with Gasteiger partial charge in [-0.15, -0.1) is 35.3 Å². The first-order valence-electron chi connectivity index (χ1n) is 7.92. The molecule has 5 nitrogen and oxygen atoms in total. The van der Waals surface area contributed by atoms with Gasteiger partial charge in [0, 0.05) is 31.0 Å². The van der Waals surface area contributed by atoms with Crippen molar-refractivity contribution in [1.29, 1.82) is 0 Å². The van der Waals surface area contributed by atoms with E-state index in [2.05, 4.69) is 27.5 Å². The third kappa shape index (κ3) is 6.63. The molecular weight excluding hydrogens is 469 g/mol. The lowest BCUT2D eigenvalue weighted by Crippen LogP contribution is -2.38. The molecule has 0 amide bonds. The van der Waals surface area contributed by atoms with Crippen LogP contribution >= 0.6 is 46.9 Å². The van der Waals surface area contributed by atoms with Crippen molar-refractivity contribution < 1.29 is 0 Å². The number of hydrogen-bond donors (Lipinski definition) is 2. The van der Waals surface area contributed by atoms with Crippen molar-refractivity contribution in [2.24, 2.45) is 4.99 Å². The smallest absolute Gasteiger partial charge is 0.192 e. The summed E-state index contributed by atoms with van der Waals surface area (Å²) in [4.78, 5) is 11.2. The van der Waals surface area contributed by atoms with Gasteiger partial charge in [0.05, 0.1) is 18.3 Å². The highest BCUT2D eigenvalue weighted by molar-refractivity contribution is 14.0. The summed E-state index contributed by atoms with van der Waals surface area (Å²) >= 11 is 7.89. The zero-order valence-electron chi connectivity index (χ0n) is 14.9. The van der Waals surface area contributed by atoms with Crippen LogP contribution in [0.4, 0.5) is 5.13 Å². The van der Waals surface area contributed by atoms with Gasteiger partial charge in [0.15, 0.2) is 11.1 Å². The fraction of sp³-hybridized carbons (Fsp3) is 0.412.